The highest BCUT2D eigenvalue weighted by Gasteiger charge is 2.25. The number of rotatable bonds is 5. The Morgan fingerprint density at radius 3 is 2.12 bits per heavy atom. The third kappa shape index (κ3) is 5.28. The molecule has 2 heterocycles. The highest BCUT2D eigenvalue weighted by molar-refractivity contribution is 6.33. The monoisotopic (exact) mass is 652 g/mol. The van der Waals surface area contributed by atoms with E-state index in [2.05, 4.69) is 158 Å². The van der Waals surface area contributed by atoms with E-state index in [4.69, 9.17) is 21.0 Å². The lowest BCUT2D eigenvalue weighted by Crippen LogP contribution is -2.19. The second-order valence-electron chi connectivity index (χ2n) is 12.8. The van der Waals surface area contributed by atoms with Gasteiger partial charge in [0.25, 0.3) is 0 Å². The van der Waals surface area contributed by atoms with Gasteiger partial charge in [-0.05, 0) is 80.1 Å². The average Bonchev–Trinajstić information content (AvgIpc) is 3.40. The number of allylic oxidation sites excluding steroid dienone is 1. The van der Waals surface area contributed by atoms with Gasteiger partial charge in [-0.15, -0.1) is 0 Å². The van der Waals surface area contributed by atoms with Crippen LogP contribution in [0, 0.1) is 0 Å². The molecule has 0 spiro atoms. The van der Waals surface area contributed by atoms with Gasteiger partial charge in [-0.25, -0.2) is 0 Å². The van der Waals surface area contributed by atoms with Gasteiger partial charge < -0.3 is 9.73 Å². The van der Waals surface area contributed by atoms with Crippen molar-refractivity contribution in [2.75, 3.05) is 0 Å². The number of hydrogen-bond donors (Lipinski definition) is 1. The summed E-state index contributed by atoms with van der Waals surface area (Å²) in [5.41, 5.74) is 10.6. The summed E-state index contributed by atoms with van der Waals surface area (Å²) in [6.45, 7) is 2.23. The number of nitrogens with zero attached hydrogens (tertiary/aromatic N) is 1. The first kappa shape index (κ1) is 29.5. The lowest BCUT2D eigenvalue weighted by molar-refractivity contribution is 0.654. The Morgan fingerprint density at radius 2 is 1.31 bits per heavy atom. The van der Waals surface area contributed by atoms with Crippen LogP contribution in [0.15, 0.2) is 161 Å². The van der Waals surface area contributed by atoms with Crippen molar-refractivity contribution in [3.05, 3.63) is 173 Å². The van der Waals surface area contributed by atoms with Gasteiger partial charge >= 0.3 is 0 Å². The standard InChI is InChI=1S/C45H33ClN2O/c1-2-28-25-40(35-21-18-30-12-6-7-14-34(30)24-35)47-45(48-44(28)33-19-16-31(17-20-33)29-10-4-3-5-11-29)37-27-42-38(26-39(37)46)43-36-15-9-8-13-32(36)22-23-41(43)49-42/h3-24,26-27,45,48H,2,25H2,1H3. The van der Waals surface area contributed by atoms with E-state index < -0.39 is 6.17 Å². The molecular formula is C45H33ClN2O. The zero-order chi connectivity index (χ0) is 32.9. The van der Waals surface area contributed by atoms with Crippen molar-refractivity contribution >= 4 is 66.5 Å². The van der Waals surface area contributed by atoms with E-state index in [1.165, 1.54) is 32.9 Å². The van der Waals surface area contributed by atoms with Gasteiger partial charge in [0, 0.05) is 39.2 Å². The minimum atomic E-state index is -0.434. The molecule has 0 aliphatic carbocycles. The second kappa shape index (κ2) is 12.1. The van der Waals surface area contributed by atoms with E-state index in [0.717, 1.165) is 68.3 Å². The predicted octanol–water partition coefficient (Wildman–Crippen LogP) is 12.5. The van der Waals surface area contributed by atoms with Gasteiger partial charge in [0.05, 0.1) is 0 Å². The summed E-state index contributed by atoms with van der Waals surface area (Å²) in [7, 11) is 0. The maximum Gasteiger partial charge on any atom is 0.146 e. The van der Waals surface area contributed by atoms with Gasteiger partial charge in [0.15, 0.2) is 0 Å². The van der Waals surface area contributed by atoms with Crippen molar-refractivity contribution in [3.63, 3.8) is 0 Å². The highest BCUT2D eigenvalue weighted by atomic mass is 35.5. The molecule has 4 heteroatoms. The highest BCUT2D eigenvalue weighted by Crippen LogP contribution is 2.40. The van der Waals surface area contributed by atoms with Crippen molar-refractivity contribution < 1.29 is 4.42 Å². The fourth-order valence-corrected chi connectivity index (χ4v) is 7.56. The first-order valence-electron chi connectivity index (χ1n) is 16.9. The van der Waals surface area contributed by atoms with Crippen LogP contribution in [-0.4, -0.2) is 5.71 Å². The van der Waals surface area contributed by atoms with E-state index in [0.29, 0.717) is 5.02 Å². The predicted molar refractivity (Wildman–Crippen MR) is 206 cm³/mol. The molecule has 1 aliphatic heterocycles. The summed E-state index contributed by atoms with van der Waals surface area (Å²) in [6, 6.07) is 51.2. The smallest absolute Gasteiger partial charge is 0.146 e. The van der Waals surface area contributed by atoms with Crippen LogP contribution in [-0.2, 0) is 0 Å². The Balaban J connectivity index is 1.20. The molecule has 1 unspecified atom stereocenters. The van der Waals surface area contributed by atoms with Crippen molar-refractivity contribution in [1.82, 2.24) is 5.32 Å². The molecule has 236 valence electrons. The quantitative estimate of drug-likeness (QED) is 0.201. The Labute approximate surface area is 290 Å². The van der Waals surface area contributed by atoms with Crippen LogP contribution >= 0.6 is 11.6 Å². The van der Waals surface area contributed by atoms with Crippen LogP contribution < -0.4 is 5.32 Å². The molecule has 0 amide bonds. The molecule has 3 nitrogen and oxygen atoms in total. The number of furan rings is 1. The molecule has 49 heavy (non-hydrogen) atoms. The summed E-state index contributed by atoms with van der Waals surface area (Å²) in [5, 5.41) is 11.4. The van der Waals surface area contributed by atoms with Gasteiger partial charge in [-0.1, -0.05) is 140 Å². The number of hydrogen-bond acceptors (Lipinski definition) is 3. The maximum absolute atomic E-state index is 7.26. The van der Waals surface area contributed by atoms with Crippen LogP contribution in [0.1, 0.15) is 42.6 Å². The molecule has 1 atom stereocenters. The minimum absolute atomic E-state index is 0.434. The molecule has 0 fully saturated rings. The van der Waals surface area contributed by atoms with Gasteiger partial charge in [0.1, 0.15) is 17.3 Å². The SMILES string of the molecule is CCC1=C(c2ccc(-c3ccccc3)cc2)NC(c2cc3oc4ccc5ccccc5c4c3cc2Cl)N=C(c2ccc3ccccc3c2)C1. The first-order valence-corrected chi connectivity index (χ1v) is 17.2. The Hall–Kier alpha value is -5.64. The third-order valence-electron chi connectivity index (χ3n) is 9.86. The number of nitrogens with one attached hydrogen (secondary N) is 1. The fourth-order valence-electron chi connectivity index (χ4n) is 7.30. The number of aliphatic imine (C=N–C) groups is 1. The molecule has 8 aromatic rings. The summed E-state index contributed by atoms with van der Waals surface area (Å²) < 4.78 is 6.50. The van der Waals surface area contributed by atoms with Crippen LogP contribution in [0.4, 0.5) is 0 Å². The fraction of sp³-hybridized carbons (Fsp3) is 0.0889. The molecule has 7 aromatic carbocycles. The van der Waals surface area contributed by atoms with Crippen molar-refractivity contribution in [3.8, 4) is 11.1 Å². The lowest BCUT2D eigenvalue weighted by atomic mass is 9.94. The van der Waals surface area contributed by atoms with Crippen molar-refractivity contribution in [2.24, 2.45) is 4.99 Å². The largest absolute Gasteiger partial charge is 0.456 e. The van der Waals surface area contributed by atoms with Gasteiger partial charge in [0.2, 0.25) is 0 Å². The maximum atomic E-state index is 7.26. The molecule has 1 aliphatic rings. The van der Waals surface area contributed by atoms with Gasteiger partial charge in [-0.2, -0.15) is 0 Å². The molecule has 0 saturated heterocycles. The number of benzene rings is 7. The van der Waals surface area contributed by atoms with Crippen molar-refractivity contribution in [2.45, 2.75) is 25.9 Å². The summed E-state index contributed by atoms with van der Waals surface area (Å²) in [4.78, 5) is 5.47. The Kier molecular flexibility index (Phi) is 7.29. The van der Waals surface area contributed by atoms with E-state index >= 15 is 0 Å². The number of halogens is 1. The zero-order valence-corrected chi connectivity index (χ0v) is 27.8. The molecule has 1 aromatic heterocycles. The molecule has 9 rings (SSSR count). The lowest BCUT2D eigenvalue weighted by Gasteiger charge is -2.21. The molecule has 0 bridgehead atoms. The Bertz CT molecular complexity index is 2600. The first-order chi connectivity index (χ1) is 24.1. The second-order valence-corrected chi connectivity index (χ2v) is 13.2. The summed E-state index contributed by atoms with van der Waals surface area (Å²) in [5.74, 6) is 0. The van der Waals surface area contributed by atoms with Crippen LogP contribution in [0.25, 0.3) is 60.3 Å². The minimum Gasteiger partial charge on any atom is -0.456 e. The molecule has 0 radical (unpaired) electrons. The normalized spacial score (nSPS) is 15.1. The molecule has 0 saturated carbocycles. The Morgan fingerprint density at radius 1 is 0.633 bits per heavy atom. The van der Waals surface area contributed by atoms with E-state index in [9.17, 15) is 0 Å². The van der Waals surface area contributed by atoms with E-state index in [1.54, 1.807) is 0 Å². The van der Waals surface area contributed by atoms with Gasteiger partial charge in [-0.3, -0.25) is 4.99 Å². The zero-order valence-electron chi connectivity index (χ0n) is 27.1. The summed E-state index contributed by atoms with van der Waals surface area (Å²) in [6.07, 6.45) is 1.17. The third-order valence-corrected chi connectivity index (χ3v) is 10.2. The number of fused-ring (bicyclic) bond motifs is 6. The van der Waals surface area contributed by atoms with Crippen LogP contribution in [0.2, 0.25) is 5.02 Å². The summed E-state index contributed by atoms with van der Waals surface area (Å²) >= 11 is 7.26. The van der Waals surface area contributed by atoms with E-state index in [1.807, 2.05) is 0 Å². The van der Waals surface area contributed by atoms with Crippen LogP contribution in [0.3, 0.4) is 0 Å². The average molecular weight is 653 g/mol. The van der Waals surface area contributed by atoms with Crippen LogP contribution in [0.5, 0.6) is 0 Å². The molecular weight excluding hydrogens is 620 g/mol. The van der Waals surface area contributed by atoms with Crippen molar-refractivity contribution in [1.29, 1.82) is 0 Å². The topological polar surface area (TPSA) is 37.5 Å². The van der Waals surface area contributed by atoms with E-state index in [-0.39, 0.29) is 0 Å². The molecule has 1 N–H and O–H groups in total.